The molecule has 1 N–H and O–H groups in total. The third kappa shape index (κ3) is 5.09. The molecule has 1 saturated heterocycles. The van der Waals surface area contributed by atoms with E-state index in [9.17, 15) is 9.59 Å². The van der Waals surface area contributed by atoms with Crippen LogP contribution < -0.4 is 10.2 Å². The van der Waals surface area contributed by atoms with Crippen LogP contribution in [-0.4, -0.2) is 47.9 Å². The van der Waals surface area contributed by atoms with Gasteiger partial charge >= 0.3 is 0 Å². The fraction of sp³-hybridized carbons (Fsp3) is 0.542. The fourth-order valence-electron chi connectivity index (χ4n) is 4.29. The Hall–Kier alpha value is -2.41. The second-order valence-corrected chi connectivity index (χ2v) is 9.98. The smallest absolute Gasteiger partial charge is 0.223 e. The van der Waals surface area contributed by atoms with Crippen LogP contribution in [0.25, 0.3) is 0 Å². The minimum atomic E-state index is 0.0188. The van der Waals surface area contributed by atoms with E-state index in [1.807, 2.05) is 4.90 Å². The van der Waals surface area contributed by atoms with Crippen molar-refractivity contribution in [2.24, 2.45) is 5.92 Å². The lowest BCUT2D eigenvalue weighted by Gasteiger charge is -2.33. The fourth-order valence-corrected chi connectivity index (χ4v) is 5.52. The Morgan fingerprint density at radius 1 is 1.16 bits per heavy atom. The molecule has 1 aromatic heterocycles. The molecule has 0 spiro atoms. The molecule has 1 aromatic carbocycles. The van der Waals surface area contributed by atoms with Crippen molar-refractivity contribution in [2.45, 2.75) is 52.5 Å². The number of carbonyl (C=O) groups is 2. The monoisotopic (exact) mass is 440 g/mol. The van der Waals surface area contributed by atoms with Gasteiger partial charge in [0.1, 0.15) is 0 Å². The van der Waals surface area contributed by atoms with Gasteiger partial charge in [0.25, 0.3) is 0 Å². The molecule has 1 aliphatic carbocycles. The number of aromatic nitrogens is 1. The van der Waals surface area contributed by atoms with Crippen LogP contribution in [0.4, 0.5) is 5.13 Å². The van der Waals surface area contributed by atoms with Crippen molar-refractivity contribution in [3.05, 3.63) is 46.0 Å². The van der Waals surface area contributed by atoms with Gasteiger partial charge in [0.15, 0.2) is 5.13 Å². The van der Waals surface area contributed by atoms with Crippen molar-refractivity contribution in [1.82, 2.24) is 15.2 Å². The number of fused-ring (bicyclic) bond motifs is 1. The minimum Gasteiger partial charge on any atom is -0.352 e. The molecule has 2 aliphatic rings. The molecule has 6 nitrogen and oxygen atoms in total. The number of hydrogen-bond acceptors (Lipinski definition) is 5. The summed E-state index contributed by atoms with van der Waals surface area (Å²) in [6.45, 7) is 9.73. The number of aryl methyl sites for hydroxylation is 1. The summed E-state index contributed by atoms with van der Waals surface area (Å²) in [4.78, 5) is 34.6. The van der Waals surface area contributed by atoms with Crippen LogP contribution in [0.1, 0.15) is 54.8 Å². The Bertz CT molecular complexity index is 930. The van der Waals surface area contributed by atoms with Crippen molar-refractivity contribution < 1.29 is 9.59 Å². The molecule has 7 heteroatoms. The van der Waals surface area contributed by atoms with Crippen LogP contribution in [0.5, 0.6) is 0 Å². The first-order chi connectivity index (χ1) is 14.9. The molecule has 1 atom stereocenters. The lowest BCUT2D eigenvalue weighted by molar-refractivity contribution is -0.129. The summed E-state index contributed by atoms with van der Waals surface area (Å²) in [5, 5.41) is 4.17. The Kier molecular flexibility index (Phi) is 6.60. The van der Waals surface area contributed by atoms with Gasteiger partial charge < -0.3 is 15.1 Å². The maximum atomic E-state index is 12.8. The van der Waals surface area contributed by atoms with Gasteiger partial charge in [-0.3, -0.25) is 9.59 Å². The number of nitrogens with one attached hydrogen (secondary N) is 1. The van der Waals surface area contributed by atoms with Crippen LogP contribution in [0.15, 0.2) is 24.3 Å². The first-order valence-electron chi connectivity index (χ1n) is 11.3. The van der Waals surface area contributed by atoms with E-state index in [-0.39, 0.29) is 17.7 Å². The number of piperazine rings is 1. The van der Waals surface area contributed by atoms with E-state index in [0.29, 0.717) is 12.5 Å². The van der Waals surface area contributed by atoms with E-state index < -0.39 is 0 Å². The number of anilines is 1. The van der Waals surface area contributed by atoms with Crippen molar-refractivity contribution in [3.63, 3.8) is 0 Å². The highest BCUT2D eigenvalue weighted by Crippen LogP contribution is 2.34. The first-order valence-corrected chi connectivity index (χ1v) is 12.1. The van der Waals surface area contributed by atoms with E-state index in [2.05, 4.69) is 48.3 Å². The zero-order valence-corrected chi connectivity index (χ0v) is 19.5. The topological polar surface area (TPSA) is 65.5 Å². The van der Waals surface area contributed by atoms with E-state index in [4.69, 9.17) is 4.98 Å². The molecule has 166 valence electrons. The van der Waals surface area contributed by atoms with E-state index in [1.165, 1.54) is 10.4 Å². The molecule has 2 amide bonds. The molecule has 31 heavy (non-hydrogen) atoms. The number of hydrogen-bond donors (Lipinski definition) is 1. The maximum absolute atomic E-state index is 12.8. The number of rotatable bonds is 5. The predicted molar refractivity (Wildman–Crippen MR) is 124 cm³/mol. The molecule has 4 rings (SSSR count). The summed E-state index contributed by atoms with van der Waals surface area (Å²) >= 11 is 1.72. The van der Waals surface area contributed by atoms with Crippen molar-refractivity contribution >= 4 is 28.3 Å². The Morgan fingerprint density at radius 2 is 1.87 bits per heavy atom. The van der Waals surface area contributed by atoms with Gasteiger partial charge in [0.2, 0.25) is 11.8 Å². The molecular weight excluding hydrogens is 408 g/mol. The van der Waals surface area contributed by atoms with Gasteiger partial charge in [-0.1, -0.05) is 38.1 Å². The summed E-state index contributed by atoms with van der Waals surface area (Å²) in [5.41, 5.74) is 3.61. The van der Waals surface area contributed by atoms with Gasteiger partial charge in [-0.2, -0.15) is 0 Å². The van der Waals surface area contributed by atoms with Crippen LogP contribution in [0, 0.1) is 5.92 Å². The van der Waals surface area contributed by atoms with Crippen LogP contribution in [0.3, 0.4) is 0 Å². The van der Waals surface area contributed by atoms with Gasteiger partial charge in [-0.25, -0.2) is 4.98 Å². The summed E-state index contributed by atoms with van der Waals surface area (Å²) in [6.07, 6.45) is 2.49. The molecule has 0 unspecified atom stereocenters. The largest absolute Gasteiger partial charge is 0.352 e. The molecule has 2 aromatic rings. The Morgan fingerprint density at radius 3 is 2.52 bits per heavy atom. The molecule has 1 fully saturated rings. The number of nitrogens with zero attached hydrogens (tertiary/aromatic N) is 3. The van der Waals surface area contributed by atoms with Crippen LogP contribution in [0.2, 0.25) is 0 Å². The minimum absolute atomic E-state index is 0.0188. The highest BCUT2D eigenvalue weighted by molar-refractivity contribution is 7.15. The Balaban J connectivity index is 1.31. The zero-order chi connectivity index (χ0) is 22.0. The second kappa shape index (κ2) is 9.39. The van der Waals surface area contributed by atoms with Crippen molar-refractivity contribution in [1.29, 1.82) is 0 Å². The third-order valence-electron chi connectivity index (χ3n) is 6.41. The number of amides is 2. The summed E-state index contributed by atoms with van der Waals surface area (Å²) in [7, 11) is 0. The lowest BCUT2D eigenvalue weighted by Crippen LogP contribution is -2.48. The molecular formula is C24H32N4O2S. The van der Waals surface area contributed by atoms with Crippen LogP contribution in [-0.2, 0) is 29.0 Å². The summed E-state index contributed by atoms with van der Waals surface area (Å²) in [5.74, 6) is 0.819. The number of carbonyl (C=O) groups excluding carboxylic acids is 2. The van der Waals surface area contributed by atoms with E-state index in [0.717, 1.165) is 61.8 Å². The molecule has 0 bridgehead atoms. The first kappa shape index (κ1) is 21.8. The summed E-state index contributed by atoms with van der Waals surface area (Å²) in [6, 6.07) is 8.51. The highest BCUT2D eigenvalue weighted by atomic mass is 32.1. The van der Waals surface area contributed by atoms with Gasteiger partial charge in [0.05, 0.1) is 5.69 Å². The molecule has 0 radical (unpaired) electrons. The molecule has 2 heterocycles. The number of thiazole rings is 1. The molecule has 0 saturated carbocycles. The quantitative estimate of drug-likeness (QED) is 0.774. The lowest BCUT2D eigenvalue weighted by atomic mass is 9.90. The average Bonchev–Trinajstić information content (AvgIpc) is 3.21. The predicted octanol–water partition coefficient (Wildman–Crippen LogP) is 3.36. The van der Waals surface area contributed by atoms with Gasteiger partial charge in [-0.05, 0) is 36.3 Å². The SMILES string of the molecule is CC(=O)N1CCN(c2nc3c(s2)C[C@@H](C(=O)NCc2ccc(C(C)C)cc2)CC3)CC1. The summed E-state index contributed by atoms with van der Waals surface area (Å²) < 4.78 is 0. The van der Waals surface area contributed by atoms with Gasteiger partial charge in [0, 0.05) is 50.4 Å². The third-order valence-corrected chi connectivity index (χ3v) is 7.59. The van der Waals surface area contributed by atoms with Gasteiger partial charge in [-0.15, -0.1) is 11.3 Å². The number of benzene rings is 1. The Labute approximate surface area is 188 Å². The standard InChI is InChI=1S/C24H32N4O2S/c1-16(2)19-6-4-18(5-7-19)15-25-23(30)20-8-9-21-22(14-20)31-24(26-21)28-12-10-27(11-13-28)17(3)29/h4-7,16,20H,8-15H2,1-3H3,(H,25,30)/t20-/m0/s1. The van der Waals surface area contributed by atoms with Crippen molar-refractivity contribution in [3.8, 4) is 0 Å². The average molecular weight is 441 g/mol. The normalized spacial score (nSPS) is 18.8. The van der Waals surface area contributed by atoms with Crippen LogP contribution >= 0.6 is 11.3 Å². The zero-order valence-electron chi connectivity index (χ0n) is 18.7. The highest BCUT2D eigenvalue weighted by Gasteiger charge is 2.29. The van der Waals surface area contributed by atoms with Crippen molar-refractivity contribution in [2.75, 3.05) is 31.1 Å². The maximum Gasteiger partial charge on any atom is 0.223 e. The van der Waals surface area contributed by atoms with E-state index in [1.54, 1.807) is 18.3 Å². The van der Waals surface area contributed by atoms with E-state index >= 15 is 0 Å². The second-order valence-electron chi connectivity index (χ2n) is 8.91. The molecule has 1 aliphatic heterocycles.